The third-order valence-corrected chi connectivity index (χ3v) is 5.92. The maximum absolute atomic E-state index is 12.7. The molecule has 0 saturated carbocycles. The van der Waals surface area contributed by atoms with E-state index in [4.69, 9.17) is 44.3 Å². The maximum atomic E-state index is 12.7. The normalized spacial score (nSPS) is 10.9. The molecule has 0 aliphatic carbocycles. The topological polar surface area (TPSA) is 77.0 Å². The largest absolute Gasteiger partial charge is 0.482 e. The van der Waals surface area contributed by atoms with E-state index >= 15 is 0 Å². The lowest BCUT2D eigenvalue weighted by Gasteiger charge is -2.11. The van der Waals surface area contributed by atoms with Crippen LogP contribution in [0, 0.1) is 0 Å². The van der Waals surface area contributed by atoms with Crippen LogP contribution < -0.4 is 14.9 Å². The Morgan fingerprint density at radius 2 is 1.63 bits per heavy atom. The van der Waals surface area contributed by atoms with Crippen LogP contribution in [0.25, 0.3) is 10.8 Å². The lowest BCUT2D eigenvalue weighted by Crippen LogP contribution is -2.24. The number of hydrazone groups is 1. The summed E-state index contributed by atoms with van der Waals surface area (Å²) in [6.07, 6.45) is 1.41. The molecule has 0 saturated heterocycles. The number of carbonyl (C=O) groups excluding carboxylic acids is 2. The predicted molar refractivity (Wildman–Crippen MR) is 138 cm³/mol. The summed E-state index contributed by atoms with van der Waals surface area (Å²) in [5.41, 5.74) is 3.25. The van der Waals surface area contributed by atoms with Gasteiger partial charge < -0.3 is 9.47 Å². The number of benzene rings is 4. The standard InChI is InChI=1S/C26H17Cl3N2O4/c27-18-11-8-17(9-12-18)26(33)35-22-13-10-16-4-1-2-5-19(16)20(22)14-30-31-24(32)15-34-23-7-3-6-21(28)25(23)29/h1-14H,15H2,(H,31,32). The van der Waals surface area contributed by atoms with Crippen LogP contribution in [0.2, 0.25) is 15.1 Å². The molecule has 0 unspecified atom stereocenters. The number of rotatable bonds is 7. The molecule has 0 radical (unpaired) electrons. The number of carbonyl (C=O) groups is 2. The molecule has 1 amide bonds. The molecule has 0 spiro atoms. The van der Waals surface area contributed by atoms with Crippen molar-refractivity contribution in [3.05, 3.63) is 105 Å². The molecule has 4 aromatic rings. The van der Waals surface area contributed by atoms with Crippen molar-refractivity contribution in [2.24, 2.45) is 5.10 Å². The van der Waals surface area contributed by atoms with Crippen molar-refractivity contribution in [1.82, 2.24) is 5.43 Å². The number of fused-ring (bicyclic) bond motifs is 1. The zero-order valence-electron chi connectivity index (χ0n) is 18.0. The molecule has 176 valence electrons. The summed E-state index contributed by atoms with van der Waals surface area (Å²) in [7, 11) is 0. The fourth-order valence-corrected chi connectivity index (χ4v) is 3.65. The molecule has 4 rings (SSSR count). The Labute approximate surface area is 216 Å². The Kier molecular flexibility index (Phi) is 7.87. The molecule has 1 N–H and O–H groups in total. The van der Waals surface area contributed by atoms with E-state index in [0.717, 1.165) is 10.8 Å². The minimum Gasteiger partial charge on any atom is -0.482 e. The highest BCUT2D eigenvalue weighted by atomic mass is 35.5. The van der Waals surface area contributed by atoms with Gasteiger partial charge in [-0.25, -0.2) is 10.2 Å². The average molecular weight is 528 g/mol. The minimum absolute atomic E-state index is 0.216. The fraction of sp³-hybridized carbons (Fsp3) is 0.0385. The lowest BCUT2D eigenvalue weighted by molar-refractivity contribution is -0.123. The fourth-order valence-electron chi connectivity index (χ4n) is 3.18. The smallest absolute Gasteiger partial charge is 0.343 e. The number of nitrogens with zero attached hydrogens (tertiary/aromatic N) is 1. The second kappa shape index (κ2) is 11.2. The summed E-state index contributed by atoms with van der Waals surface area (Å²) in [6.45, 7) is -0.328. The number of halogens is 3. The number of amides is 1. The highest BCUT2D eigenvalue weighted by molar-refractivity contribution is 6.42. The molecule has 9 heteroatoms. The van der Waals surface area contributed by atoms with Gasteiger partial charge in [-0.15, -0.1) is 0 Å². The van der Waals surface area contributed by atoms with Gasteiger partial charge in [-0.2, -0.15) is 5.10 Å². The van der Waals surface area contributed by atoms with E-state index in [2.05, 4.69) is 10.5 Å². The van der Waals surface area contributed by atoms with Gasteiger partial charge in [0, 0.05) is 10.6 Å². The van der Waals surface area contributed by atoms with E-state index in [0.29, 0.717) is 21.2 Å². The van der Waals surface area contributed by atoms with Crippen molar-refractivity contribution in [1.29, 1.82) is 0 Å². The lowest BCUT2D eigenvalue weighted by atomic mass is 10.0. The van der Waals surface area contributed by atoms with Gasteiger partial charge in [0.25, 0.3) is 5.91 Å². The first-order chi connectivity index (χ1) is 16.9. The third kappa shape index (κ3) is 6.11. The summed E-state index contributed by atoms with van der Waals surface area (Å²) in [5, 5.41) is 6.76. The van der Waals surface area contributed by atoms with Gasteiger partial charge in [0.1, 0.15) is 16.5 Å². The van der Waals surface area contributed by atoms with Crippen molar-refractivity contribution >= 4 is 63.7 Å². The van der Waals surface area contributed by atoms with E-state index in [1.807, 2.05) is 30.3 Å². The molecule has 0 atom stereocenters. The van der Waals surface area contributed by atoms with Gasteiger partial charge in [-0.05, 0) is 53.2 Å². The van der Waals surface area contributed by atoms with Crippen LogP contribution in [0.3, 0.4) is 0 Å². The second-order valence-corrected chi connectivity index (χ2v) is 8.45. The number of esters is 1. The predicted octanol–water partition coefficient (Wildman–Crippen LogP) is 6.55. The highest BCUT2D eigenvalue weighted by Gasteiger charge is 2.14. The molecular weight excluding hydrogens is 511 g/mol. The summed E-state index contributed by atoms with van der Waals surface area (Å²) in [4.78, 5) is 24.9. The first kappa shape index (κ1) is 24.5. The summed E-state index contributed by atoms with van der Waals surface area (Å²) >= 11 is 17.9. The Morgan fingerprint density at radius 1 is 0.857 bits per heavy atom. The second-order valence-electron chi connectivity index (χ2n) is 7.23. The Bertz CT molecular complexity index is 1420. The van der Waals surface area contributed by atoms with Crippen LogP contribution in [0.5, 0.6) is 11.5 Å². The molecule has 0 heterocycles. The summed E-state index contributed by atoms with van der Waals surface area (Å²) < 4.78 is 11.0. The molecule has 0 fully saturated rings. The van der Waals surface area contributed by atoms with Crippen molar-refractivity contribution in [3.8, 4) is 11.5 Å². The van der Waals surface area contributed by atoms with Crippen LogP contribution in [-0.4, -0.2) is 24.7 Å². The molecule has 0 aromatic heterocycles. The van der Waals surface area contributed by atoms with Gasteiger partial charge in [-0.1, -0.05) is 71.2 Å². The van der Waals surface area contributed by atoms with Crippen molar-refractivity contribution in [2.75, 3.05) is 6.61 Å². The minimum atomic E-state index is -0.553. The first-order valence-corrected chi connectivity index (χ1v) is 11.4. The SMILES string of the molecule is O=C(COc1cccc(Cl)c1Cl)NN=Cc1c(OC(=O)c2ccc(Cl)cc2)ccc2ccccc12. The van der Waals surface area contributed by atoms with Crippen molar-refractivity contribution in [2.45, 2.75) is 0 Å². The summed E-state index contributed by atoms with van der Waals surface area (Å²) in [6, 6.07) is 22.3. The Morgan fingerprint density at radius 3 is 2.43 bits per heavy atom. The van der Waals surface area contributed by atoms with E-state index < -0.39 is 11.9 Å². The number of hydrogen-bond acceptors (Lipinski definition) is 5. The van der Waals surface area contributed by atoms with Gasteiger partial charge >= 0.3 is 5.97 Å². The molecule has 6 nitrogen and oxygen atoms in total. The van der Waals surface area contributed by atoms with E-state index in [1.165, 1.54) is 6.21 Å². The quantitative estimate of drug-likeness (QED) is 0.128. The van der Waals surface area contributed by atoms with Gasteiger partial charge in [-0.3, -0.25) is 4.79 Å². The Hall–Kier alpha value is -3.58. The zero-order valence-corrected chi connectivity index (χ0v) is 20.3. The number of nitrogens with one attached hydrogen (secondary N) is 1. The van der Waals surface area contributed by atoms with Gasteiger partial charge in [0.15, 0.2) is 6.61 Å². The van der Waals surface area contributed by atoms with E-state index in [9.17, 15) is 9.59 Å². The van der Waals surface area contributed by atoms with E-state index in [-0.39, 0.29) is 23.1 Å². The highest BCUT2D eigenvalue weighted by Crippen LogP contribution is 2.31. The van der Waals surface area contributed by atoms with Crippen LogP contribution in [0.4, 0.5) is 0 Å². The maximum Gasteiger partial charge on any atom is 0.343 e. The molecular formula is C26H17Cl3N2O4. The number of hydrogen-bond donors (Lipinski definition) is 1. The van der Waals surface area contributed by atoms with Crippen LogP contribution in [-0.2, 0) is 4.79 Å². The van der Waals surface area contributed by atoms with E-state index in [1.54, 1.807) is 48.5 Å². The Balaban J connectivity index is 1.50. The van der Waals surface area contributed by atoms with Gasteiger partial charge in [0.05, 0.1) is 16.8 Å². The molecule has 0 aliphatic rings. The molecule has 35 heavy (non-hydrogen) atoms. The molecule has 0 bridgehead atoms. The summed E-state index contributed by atoms with van der Waals surface area (Å²) in [5.74, 6) is -0.507. The van der Waals surface area contributed by atoms with Crippen LogP contribution in [0.15, 0.2) is 84.0 Å². The first-order valence-electron chi connectivity index (χ1n) is 10.3. The molecule has 0 aliphatic heterocycles. The van der Waals surface area contributed by atoms with Crippen molar-refractivity contribution in [3.63, 3.8) is 0 Å². The third-order valence-electron chi connectivity index (χ3n) is 4.87. The number of ether oxygens (including phenoxy) is 2. The van der Waals surface area contributed by atoms with Crippen LogP contribution in [0.1, 0.15) is 15.9 Å². The monoisotopic (exact) mass is 526 g/mol. The zero-order chi connectivity index (χ0) is 24.8. The average Bonchev–Trinajstić information content (AvgIpc) is 2.86. The molecule has 4 aromatic carbocycles. The van der Waals surface area contributed by atoms with Crippen LogP contribution >= 0.6 is 34.8 Å². The van der Waals surface area contributed by atoms with Gasteiger partial charge in [0.2, 0.25) is 0 Å². The van der Waals surface area contributed by atoms with Crippen molar-refractivity contribution < 1.29 is 19.1 Å².